The van der Waals surface area contributed by atoms with Gasteiger partial charge in [-0.05, 0) is 41.7 Å². The van der Waals surface area contributed by atoms with Crippen LogP contribution < -0.4 is 0 Å². The smallest absolute Gasteiger partial charge is 0.133 e. The summed E-state index contributed by atoms with van der Waals surface area (Å²) in [6, 6.07) is 10.8. The minimum absolute atomic E-state index is 1.01. The molecule has 1 aliphatic carbocycles. The van der Waals surface area contributed by atoms with Crippen molar-refractivity contribution < 1.29 is 4.42 Å². The van der Waals surface area contributed by atoms with E-state index in [1.807, 2.05) is 0 Å². The number of fused-ring (bicyclic) bond motifs is 1. The fourth-order valence-corrected chi connectivity index (χ4v) is 2.86. The van der Waals surface area contributed by atoms with E-state index in [4.69, 9.17) is 4.42 Å². The van der Waals surface area contributed by atoms with Gasteiger partial charge in [0.15, 0.2) is 0 Å². The lowest BCUT2D eigenvalue weighted by atomic mass is 9.99. The van der Waals surface area contributed by atoms with Crippen molar-refractivity contribution in [1.29, 1.82) is 0 Å². The Morgan fingerprint density at radius 1 is 1.17 bits per heavy atom. The van der Waals surface area contributed by atoms with Crippen molar-refractivity contribution in [2.45, 2.75) is 33.1 Å². The third-order valence-corrected chi connectivity index (χ3v) is 3.71. The first-order chi connectivity index (χ1) is 8.81. The SMILES string of the molecule is CCCC1=C(c2occc2C)Cc2ccccc21. The highest BCUT2D eigenvalue weighted by atomic mass is 16.3. The highest BCUT2D eigenvalue weighted by Crippen LogP contribution is 2.41. The van der Waals surface area contributed by atoms with Crippen LogP contribution in [0.25, 0.3) is 11.1 Å². The monoisotopic (exact) mass is 238 g/mol. The lowest BCUT2D eigenvalue weighted by molar-refractivity contribution is 0.549. The Labute approximate surface area is 108 Å². The Hall–Kier alpha value is -1.76. The number of hydrogen-bond donors (Lipinski definition) is 0. The quantitative estimate of drug-likeness (QED) is 0.744. The summed E-state index contributed by atoms with van der Waals surface area (Å²) >= 11 is 0. The van der Waals surface area contributed by atoms with Crippen LogP contribution in [-0.2, 0) is 6.42 Å². The van der Waals surface area contributed by atoms with E-state index in [1.165, 1.54) is 34.3 Å². The maximum Gasteiger partial charge on any atom is 0.133 e. The van der Waals surface area contributed by atoms with Crippen LogP contribution >= 0.6 is 0 Å². The average Bonchev–Trinajstić information content (AvgIpc) is 2.94. The predicted molar refractivity (Wildman–Crippen MR) is 75.3 cm³/mol. The molecule has 0 saturated heterocycles. The first kappa shape index (κ1) is 11.3. The van der Waals surface area contributed by atoms with Crippen molar-refractivity contribution in [2.24, 2.45) is 0 Å². The molecule has 0 spiro atoms. The number of allylic oxidation sites excluding steroid dienone is 2. The van der Waals surface area contributed by atoms with Crippen LogP contribution in [0.1, 0.15) is 42.2 Å². The molecule has 0 radical (unpaired) electrons. The molecule has 1 aromatic heterocycles. The summed E-state index contributed by atoms with van der Waals surface area (Å²) < 4.78 is 5.70. The van der Waals surface area contributed by atoms with Gasteiger partial charge in [-0.15, -0.1) is 0 Å². The summed E-state index contributed by atoms with van der Waals surface area (Å²) in [5, 5.41) is 0. The van der Waals surface area contributed by atoms with Gasteiger partial charge < -0.3 is 4.42 Å². The zero-order valence-corrected chi connectivity index (χ0v) is 11.0. The largest absolute Gasteiger partial charge is 0.464 e. The number of rotatable bonds is 3. The van der Waals surface area contributed by atoms with Gasteiger partial charge in [0, 0.05) is 12.0 Å². The third kappa shape index (κ3) is 1.71. The Balaban J connectivity index is 2.13. The Bertz CT molecular complexity index is 602. The summed E-state index contributed by atoms with van der Waals surface area (Å²) in [4.78, 5) is 0. The van der Waals surface area contributed by atoms with Gasteiger partial charge in [0.05, 0.1) is 6.26 Å². The molecule has 1 aromatic carbocycles. The normalized spacial score (nSPS) is 14.1. The minimum Gasteiger partial charge on any atom is -0.464 e. The van der Waals surface area contributed by atoms with Crippen molar-refractivity contribution in [3.8, 4) is 0 Å². The molecule has 0 amide bonds. The second-order valence-electron chi connectivity index (χ2n) is 4.97. The highest BCUT2D eigenvalue weighted by molar-refractivity contribution is 5.96. The maximum absolute atomic E-state index is 5.70. The second kappa shape index (κ2) is 4.49. The van der Waals surface area contributed by atoms with E-state index in [9.17, 15) is 0 Å². The van der Waals surface area contributed by atoms with Gasteiger partial charge in [-0.3, -0.25) is 0 Å². The van der Waals surface area contributed by atoms with Crippen molar-refractivity contribution in [3.05, 3.63) is 59.0 Å². The maximum atomic E-state index is 5.70. The van der Waals surface area contributed by atoms with Gasteiger partial charge in [-0.1, -0.05) is 37.6 Å². The lowest BCUT2D eigenvalue weighted by Gasteiger charge is -2.06. The van der Waals surface area contributed by atoms with Crippen LogP contribution in [0.15, 0.2) is 41.0 Å². The first-order valence-electron chi connectivity index (χ1n) is 6.66. The average molecular weight is 238 g/mol. The van der Waals surface area contributed by atoms with Crippen molar-refractivity contribution in [2.75, 3.05) is 0 Å². The molecule has 1 aliphatic rings. The summed E-state index contributed by atoms with van der Waals surface area (Å²) in [7, 11) is 0. The molecule has 0 fully saturated rings. The molecule has 2 aromatic rings. The Morgan fingerprint density at radius 3 is 2.72 bits per heavy atom. The zero-order valence-electron chi connectivity index (χ0n) is 11.0. The van der Waals surface area contributed by atoms with Crippen LogP contribution in [0.2, 0.25) is 0 Å². The topological polar surface area (TPSA) is 13.1 Å². The van der Waals surface area contributed by atoms with Gasteiger partial charge in [0.1, 0.15) is 5.76 Å². The molecule has 0 aliphatic heterocycles. The molecule has 1 heteroatoms. The molecule has 0 unspecified atom stereocenters. The van der Waals surface area contributed by atoms with E-state index in [2.05, 4.69) is 44.2 Å². The van der Waals surface area contributed by atoms with Gasteiger partial charge in [0.25, 0.3) is 0 Å². The summed E-state index contributed by atoms with van der Waals surface area (Å²) in [6.45, 7) is 4.36. The molecule has 0 atom stereocenters. The molecule has 1 nitrogen and oxygen atoms in total. The number of aryl methyl sites for hydroxylation is 1. The predicted octanol–water partition coefficient (Wildman–Crippen LogP) is 4.86. The fraction of sp³-hybridized carbons (Fsp3) is 0.294. The molecule has 0 bridgehead atoms. The van der Waals surface area contributed by atoms with E-state index >= 15 is 0 Å². The van der Waals surface area contributed by atoms with Crippen LogP contribution in [0.5, 0.6) is 0 Å². The molecule has 0 saturated carbocycles. The van der Waals surface area contributed by atoms with Gasteiger partial charge >= 0.3 is 0 Å². The van der Waals surface area contributed by atoms with Crippen LogP contribution in [-0.4, -0.2) is 0 Å². The van der Waals surface area contributed by atoms with E-state index in [-0.39, 0.29) is 0 Å². The minimum atomic E-state index is 1.01. The molecule has 18 heavy (non-hydrogen) atoms. The summed E-state index contributed by atoms with van der Waals surface area (Å²) in [6.07, 6.45) is 5.11. The van der Waals surface area contributed by atoms with E-state index < -0.39 is 0 Å². The molecule has 92 valence electrons. The molecular formula is C17H18O. The fourth-order valence-electron chi connectivity index (χ4n) is 2.86. The standard InChI is InChI=1S/C17H18O/c1-3-6-15-14-8-5-4-7-13(14)11-16(15)17-12(2)9-10-18-17/h4-5,7-10H,3,6,11H2,1-2H3. The van der Waals surface area contributed by atoms with Gasteiger partial charge in [-0.25, -0.2) is 0 Å². The molecule has 3 rings (SSSR count). The number of furan rings is 1. The Morgan fingerprint density at radius 2 is 2.00 bits per heavy atom. The third-order valence-electron chi connectivity index (χ3n) is 3.71. The highest BCUT2D eigenvalue weighted by Gasteiger charge is 2.24. The van der Waals surface area contributed by atoms with Crippen molar-refractivity contribution in [1.82, 2.24) is 0 Å². The number of hydrogen-bond acceptors (Lipinski definition) is 1. The van der Waals surface area contributed by atoms with Crippen molar-refractivity contribution in [3.63, 3.8) is 0 Å². The van der Waals surface area contributed by atoms with Gasteiger partial charge in [0.2, 0.25) is 0 Å². The van der Waals surface area contributed by atoms with E-state index in [1.54, 1.807) is 6.26 Å². The Kier molecular flexibility index (Phi) is 2.83. The molecule has 0 N–H and O–H groups in total. The van der Waals surface area contributed by atoms with Crippen LogP contribution in [0, 0.1) is 6.92 Å². The van der Waals surface area contributed by atoms with Crippen LogP contribution in [0.4, 0.5) is 0 Å². The van der Waals surface area contributed by atoms with E-state index in [0.717, 1.165) is 18.6 Å². The molecule has 1 heterocycles. The lowest BCUT2D eigenvalue weighted by Crippen LogP contribution is -1.87. The summed E-state index contributed by atoms with van der Waals surface area (Å²) in [5.74, 6) is 1.08. The number of benzene rings is 1. The van der Waals surface area contributed by atoms with Crippen molar-refractivity contribution >= 4 is 11.1 Å². The zero-order chi connectivity index (χ0) is 12.5. The van der Waals surface area contributed by atoms with Crippen LogP contribution in [0.3, 0.4) is 0 Å². The summed E-state index contributed by atoms with van der Waals surface area (Å²) in [5.41, 5.74) is 6.97. The first-order valence-corrected chi connectivity index (χ1v) is 6.66. The second-order valence-corrected chi connectivity index (χ2v) is 4.97. The molecular weight excluding hydrogens is 220 g/mol. The van der Waals surface area contributed by atoms with Gasteiger partial charge in [-0.2, -0.15) is 0 Å². The van der Waals surface area contributed by atoms with E-state index in [0.29, 0.717) is 0 Å².